The van der Waals surface area contributed by atoms with Crippen molar-refractivity contribution in [3.05, 3.63) is 0 Å². The Balaban J connectivity index is 3.89. The molecule has 0 saturated heterocycles. The highest BCUT2D eigenvalue weighted by Gasteiger charge is 2.14. The molecule has 4 nitrogen and oxygen atoms in total. The van der Waals surface area contributed by atoms with Gasteiger partial charge < -0.3 is 9.64 Å². The molecule has 0 spiro atoms. The molecule has 0 aliphatic rings. The number of hydrogen-bond donors (Lipinski definition) is 0. The van der Waals surface area contributed by atoms with Crippen LogP contribution in [0.15, 0.2) is 0 Å². The average molecular weight is 132 g/mol. The van der Waals surface area contributed by atoms with E-state index in [0.29, 0.717) is 0 Å². The van der Waals surface area contributed by atoms with Crippen molar-refractivity contribution >= 4 is 11.9 Å². The van der Waals surface area contributed by atoms with Crippen molar-refractivity contribution in [2.45, 2.75) is 0 Å². The molecule has 4 heteroatoms. The molecule has 9 heavy (non-hydrogen) atoms. The summed E-state index contributed by atoms with van der Waals surface area (Å²) < 4.78 is 4.14. The summed E-state index contributed by atoms with van der Waals surface area (Å²) in [6, 6.07) is 0. The lowest BCUT2D eigenvalue weighted by atomic mass is 10.9. The highest BCUT2D eigenvalue weighted by molar-refractivity contribution is 6.32. The first-order valence-corrected chi connectivity index (χ1v) is 2.39. The zero-order valence-corrected chi connectivity index (χ0v) is 5.67. The third kappa shape index (κ3) is 2.12. The van der Waals surface area contributed by atoms with Gasteiger partial charge >= 0.3 is 11.9 Å². The Hall–Kier alpha value is -1.06. The van der Waals surface area contributed by atoms with Crippen molar-refractivity contribution in [3.8, 4) is 0 Å². The van der Waals surface area contributed by atoms with Gasteiger partial charge in [-0.05, 0) is 0 Å². The number of ether oxygens (including phenoxy) is 1. The second-order valence-corrected chi connectivity index (χ2v) is 1.69. The SMILES string of the molecule is COC(=O)[13C](=O)N(C)C. The minimum Gasteiger partial charge on any atom is -0.462 e. The summed E-state index contributed by atoms with van der Waals surface area (Å²) in [6.07, 6.45) is 0. The number of carbonyl (C=O) groups is 2. The van der Waals surface area contributed by atoms with Crippen LogP contribution in [-0.4, -0.2) is 38.0 Å². The number of methoxy groups -OCH3 is 1. The van der Waals surface area contributed by atoms with Crippen LogP contribution in [0.1, 0.15) is 0 Å². The van der Waals surface area contributed by atoms with Gasteiger partial charge in [0.25, 0.3) is 0 Å². The van der Waals surface area contributed by atoms with Crippen LogP contribution in [0.3, 0.4) is 0 Å². The molecule has 0 bridgehead atoms. The fourth-order valence-electron chi connectivity index (χ4n) is 0.270. The molecule has 0 N–H and O–H groups in total. The largest absolute Gasteiger partial charge is 0.462 e. The molecule has 0 aromatic rings. The predicted octanol–water partition coefficient (Wildman–Crippen LogP) is -0.752. The second-order valence-electron chi connectivity index (χ2n) is 1.69. The van der Waals surface area contributed by atoms with Crippen molar-refractivity contribution in [3.63, 3.8) is 0 Å². The topological polar surface area (TPSA) is 46.6 Å². The van der Waals surface area contributed by atoms with Gasteiger partial charge in [-0.3, -0.25) is 4.79 Å². The van der Waals surface area contributed by atoms with Crippen LogP contribution in [0.2, 0.25) is 0 Å². The van der Waals surface area contributed by atoms with Crippen LogP contribution in [0, 0.1) is 0 Å². The molecule has 0 fully saturated rings. The van der Waals surface area contributed by atoms with Crippen molar-refractivity contribution in [1.82, 2.24) is 4.90 Å². The first-order chi connectivity index (χ1) is 4.09. The molecule has 0 aromatic carbocycles. The van der Waals surface area contributed by atoms with Gasteiger partial charge in [-0.1, -0.05) is 0 Å². The Morgan fingerprint density at radius 3 is 1.89 bits per heavy atom. The number of nitrogens with zero attached hydrogens (tertiary/aromatic N) is 1. The minimum absolute atomic E-state index is 0.641. The quantitative estimate of drug-likeness (QED) is 0.247. The molecular formula is C5H9NO3. The lowest BCUT2D eigenvalue weighted by molar-refractivity contribution is -0.156. The van der Waals surface area contributed by atoms with Gasteiger partial charge in [0.2, 0.25) is 0 Å². The molecule has 1 amide bonds. The maximum absolute atomic E-state index is 10.5. The molecule has 0 radical (unpaired) electrons. The summed E-state index contributed by atoms with van der Waals surface area (Å²) in [5.74, 6) is -1.47. The number of hydrogen-bond acceptors (Lipinski definition) is 3. The molecule has 0 aliphatic carbocycles. The van der Waals surface area contributed by atoms with E-state index >= 15 is 0 Å². The van der Waals surface area contributed by atoms with E-state index in [4.69, 9.17) is 0 Å². The zero-order valence-electron chi connectivity index (χ0n) is 5.67. The Labute approximate surface area is 53.4 Å². The second kappa shape index (κ2) is 3.06. The number of carbonyl (C=O) groups excluding carboxylic acids is 2. The average Bonchev–Trinajstić information content (AvgIpc) is 1.84. The molecule has 0 heterocycles. The lowest BCUT2D eigenvalue weighted by Gasteiger charge is -2.06. The summed E-state index contributed by atoms with van der Waals surface area (Å²) >= 11 is 0. The van der Waals surface area contributed by atoms with E-state index in [0.717, 1.165) is 4.90 Å². The lowest BCUT2D eigenvalue weighted by Crippen LogP contribution is -2.30. The number of esters is 1. The summed E-state index contributed by atoms with van der Waals surface area (Å²) in [5, 5.41) is 0. The van der Waals surface area contributed by atoms with Crippen LogP contribution < -0.4 is 0 Å². The molecular weight excluding hydrogens is 123 g/mol. The molecule has 0 atom stereocenters. The summed E-state index contributed by atoms with van der Waals surface area (Å²) in [7, 11) is 4.14. The maximum Gasteiger partial charge on any atom is 0.396 e. The molecule has 0 aliphatic heterocycles. The van der Waals surface area contributed by atoms with Crippen LogP contribution in [0.5, 0.6) is 0 Å². The molecule has 0 aromatic heterocycles. The van der Waals surface area contributed by atoms with E-state index in [1.165, 1.54) is 21.2 Å². The van der Waals surface area contributed by atoms with Crippen molar-refractivity contribution < 1.29 is 14.3 Å². The Kier molecular flexibility index (Phi) is 2.70. The van der Waals surface area contributed by atoms with Crippen molar-refractivity contribution in [2.24, 2.45) is 0 Å². The number of rotatable bonds is 0. The Morgan fingerprint density at radius 1 is 1.33 bits per heavy atom. The van der Waals surface area contributed by atoms with E-state index in [1.807, 2.05) is 0 Å². The third-order valence-corrected chi connectivity index (χ3v) is 0.766. The third-order valence-electron chi connectivity index (χ3n) is 0.766. The highest BCUT2D eigenvalue weighted by Crippen LogP contribution is 1.80. The van der Waals surface area contributed by atoms with Gasteiger partial charge in [0.05, 0.1) is 7.11 Å². The smallest absolute Gasteiger partial charge is 0.396 e. The molecule has 0 unspecified atom stereocenters. The summed E-state index contributed by atoms with van der Waals surface area (Å²) in [5.41, 5.74) is 0. The summed E-state index contributed by atoms with van der Waals surface area (Å²) in [4.78, 5) is 22.0. The monoisotopic (exact) mass is 132 g/mol. The zero-order chi connectivity index (χ0) is 7.44. The molecule has 0 rings (SSSR count). The summed E-state index contributed by atoms with van der Waals surface area (Å²) in [6.45, 7) is 0. The standard InChI is InChI=1S/C5H9NO3/c1-6(2)4(7)5(8)9-3/h1-3H3/i4+1. The van der Waals surface area contributed by atoms with Crippen LogP contribution >= 0.6 is 0 Å². The Bertz CT molecular complexity index is 130. The fraction of sp³-hybridized carbons (Fsp3) is 0.600. The maximum atomic E-state index is 10.5. The van der Waals surface area contributed by atoms with E-state index in [1.54, 1.807) is 0 Å². The highest BCUT2D eigenvalue weighted by atomic mass is 16.5. The van der Waals surface area contributed by atoms with Gasteiger partial charge in [-0.25, -0.2) is 4.79 Å². The van der Waals surface area contributed by atoms with Crippen LogP contribution in [0.25, 0.3) is 0 Å². The van der Waals surface area contributed by atoms with Gasteiger partial charge in [0.1, 0.15) is 0 Å². The number of amides is 1. The fourth-order valence-corrected chi connectivity index (χ4v) is 0.270. The molecule has 52 valence electrons. The number of likely N-dealkylation sites (N-methyl/N-ethyl adjacent to an activating group) is 1. The molecule has 0 saturated carbocycles. The Morgan fingerprint density at radius 2 is 1.78 bits per heavy atom. The first kappa shape index (κ1) is 7.94. The van der Waals surface area contributed by atoms with E-state index in [9.17, 15) is 9.59 Å². The van der Waals surface area contributed by atoms with Gasteiger partial charge in [-0.15, -0.1) is 0 Å². The van der Waals surface area contributed by atoms with Crippen LogP contribution in [0.4, 0.5) is 0 Å². The van der Waals surface area contributed by atoms with Crippen LogP contribution in [-0.2, 0) is 14.3 Å². The first-order valence-electron chi connectivity index (χ1n) is 2.39. The normalized spacial score (nSPS) is 8.33. The van der Waals surface area contributed by atoms with Crippen molar-refractivity contribution in [2.75, 3.05) is 21.2 Å². The van der Waals surface area contributed by atoms with E-state index in [-0.39, 0.29) is 0 Å². The van der Waals surface area contributed by atoms with E-state index < -0.39 is 11.9 Å². The van der Waals surface area contributed by atoms with Crippen molar-refractivity contribution in [1.29, 1.82) is 0 Å². The van der Waals surface area contributed by atoms with Gasteiger partial charge in [0.15, 0.2) is 0 Å². The minimum atomic E-state index is -0.833. The van der Waals surface area contributed by atoms with E-state index in [2.05, 4.69) is 4.74 Å². The van der Waals surface area contributed by atoms with Gasteiger partial charge in [-0.2, -0.15) is 0 Å². The predicted molar refractivity (Wildman–Crippen MR) is 30.7 cm³/mol. The van der Waals surface area contributed by atoms with Gasteiger partial charge in [0, 0.05) is 14.1 Å².